The fraction of sp³-hybridized carbons (Fsp3) is 0. The van der Waals surface area contributed by atoms with Crippen molar-refractivity contribution in [3.63, 3.8) is 0 Å². The van der Waals surface area contributed by atoms with E-state index >= 15 is 0 Å². The summed E-state index contributed by atoms with van der Waals surface area (Å²) in [6, 6.07) is 0. The Hall–Kier alpha value is 2.37. The van der Waals surface area contributed by atoms with Gasteiger partial charge in [0, 0.05) is 19.7 Å². The second kappa shape index (κ2) is 24.4. The zero-order valence-corrected chi connectivity index (χ0v) is 18.5. The topological polar surface area (TPSA) is 139 Å². The van der Waals surface area contributed by atoms with E-state index in [0.29, 0.717) is 0 Å². The normalized spacial score (nSPS) is 6.67. The molecule has 0 aromatic heterocycles. The van der Waals surface area contributed by atoms with E-state index in [0.717, 1.165) is 22.0 Å². The van der Waals surface area contributed by atoms with Crippen LogP contribution in [0.25, 0.3) is 0 Å². The van der Waals surface area contributed by atoms with Crippen LogP contribution >= 0.6 is 41.6 Å². The molecule has 0 radical (unpaired) electrons. The van der Waals surface area contributed by atoms with E-state index in [1.165, 1.54) is 31.8 Å². The van der Waals surface area contributed by atoms with Crippen molar-refractivity contribution in [2.24, 2.45) is 8.80 Å². The van der Waals surface area contributed by atoms with Gasteiger partial charge in [-0.1, -0.05) is 0 Å². The number of carboxylic acid groups (broad SMARTS) is 2. The first-order valence-electron chi connectivity index (χ1n) is 2.79. The number of carbonyl (C=O) groups excluding carboxylic acids is 4. The molecule has 0 rings (SSSR count). The van der Waals surface area contributed by atoms with Crippen molar-refractivity contribution in [3.8, 4) is 0 Å². The minimum absolute atomic E-state index is 0. The van der Waals surface area contributed by atoms with Crippen LogP contribution in [-0.2, 0) is 19.2 Å². The van der Waals surface area contributed by atoms with Gasteiger partial charge in [0.25, 0.3) is 0 Å². The predicted molar refractivity (Wildman–Crippen MR) is 56.6 cm³/mol. The zero-order valence-electron chi connectivity index (χ0n) is 8.98. The predicted octanol–water partition coefficient (Wildman–Crippen LogP) is -7.34. The molecule has 0 N–H and O–H groups in total. The number of carboxylic acids is 2. The number of hydrogen-bond acceptors (Lipinski definition) is 12. The van der Waals surface area contributed by atoms with E-state index in [1.807, 2.05) is 0 Å². The molecule has 0 spiro atoms. The molecule has 0 unspecified atom stereocenters. The van der Waals surface area contributed by atoms with Crippen molar-refractivity contribution in [3.05, 3.63) is 0 Å². The number of hydrogen-bond donors (Lipinski definition) is 0. The first kappa shape index (κ1) is 28.5. The molecule has 88 valence electrons. The molecule has 0 bridgehead atoms. The minimum Gasteiger partial charge on any atom is -0.543 e. The van der Waals surface area contributed by atoms with E-state index in [2.05, 4.69) is 8.80 Å². The summed E-state index contributed by atoms with van der Waals surface area (Å²) in [6.45, 7) is 0. The summed E-state index contributed by atoms with van der Waals surface area (Å²) >= 11 is 0. The second-order valence-electron chi connectivity index (χ2n) is 1.23. The molecule has 18 heavy (non-hydrogen) atoms. The molecule has 0 aromatic carbocycles. The molecule has 0 saturated heterocycles. The Labute approximate surface area is 202 Å². The Kier molecular flexibility index (Phi) is 38.7. The maximum absolute atomic E-state index is 9.47. The molecule has 0 atom stereocenters. The third-order valence-electron chi connectivity index (χ3n) is 0.404. The van der Waals surface area contributed by atoms with Gasteiger partial charge >= 0.3 is 103 Å². The van der Waals surface area contributed by atoms with Crippen LogP contribution in [0.5, 0.6) is 0 Å². The van der Waals surface area contributed by atoms with Crippen LogP contribution in [-0.4, -0.2) is 24.1 Å². The van der Waals surface area contributed by atoms with E-state index in [1.54, 1.807) is 0 Å². The number of nitrogens with zero attached hydrogens (tertiary/aromatic N) is 2. The van der Waals surface area contributed by atoms with Crippen molar-refractivity contribution in [2.75, 3.05) is 0 Å². The zero-order chi connectivity index (χ0) is 12.8. The van der Waals surface area contributed by atoms with E-state index in [-0.39, 0.29) is 103 Å². The fourth-order valence-corrected chi connectivity index (χ4v) is 3.11. The molecule has 0 aliphatic rings. The number of carbonyl (C=O) groups is 2. The van der Waals surface area contributed by atoms with Gasteiger partial charge in [-0.05, 0) is 0 Å². The van der Waals surface area contributed by atoms with Gasteiger partial charge in [-0.25, -0.2) is 9.59 Å². The average Bonchev–Trinajstić information content (AvgIpc) is 2.24. The van der Waals surface area contributed by atoms with E-state index < -0.39 is 11.9 Å². The van der Waals surface area contributed by atoms with Crippen LogP contribution < -0.4 is 113 Å². The largest absolute Gasteiger partial charge is 1.00 e. The number of aliphatic carboxylic acids is 2. The Morgan fingerprint density at radius 1 is 0.833 bits per heavy atom. The summed E-state index contributed by atoms with van der Waals surface area (Å²) in [5, 5.41) is 17.9. The molecule has 8 nitrogen and oxygen atoms in total. The average molecular weight is 379 g/mol. The van der Waals surface area contributed by atoms with Crippen LogP contribution in [0.4, 0.5) is 0 Å². The van der Waals surface area contributed by atoms with Crippen LogP contribution in [0.3, 0.4) is 0 Å². The Bertz CT molecular complexity index is 300. The van der Waals surface area contributed by atoms with Crippen molar-refractivity contribution >= 4 is 65.7 Å². The molecule has 0 heterocycles. The maximum Gasteiger partial charge on any atom is 1.00 e. The fourth-order valence-electron chi connectivity index (χ4n) is 0.0857. The third kappa shape index (κ3) is 31.0. The van der Waals surface area contributed by atoms with Crippen molar-refractivity contribution < 1.29 is 132 Å². The van der Waals surface area contributed by atoms with Gasteiger partial charge in [-0.2, -0.15) is 0 Å². The summed E-state index contributed by atoms with van der Waals surface area (Å²) in [6.07, 6.45) is 2.69. The van der Waals surface area contributed by atoms with Gasteiger partial charge in [0.1, 0.15) is 0 Å². The Morgan fingerprint density at radius 2 is 1.11 bits per heavy atom. The van der Waals surface area contributed by atoms with Crippen LogP contribution in [0, 0.1) is 0 Å². The van der Waals surface area contributed by atoms with Gasteiger partial charge < -0.3 is 19.8 Å². The summed E-state index contributed by atoms with van der Waals surface area (Å²) < 4.78 is 6.34. The smallest absolute Gasteiger partial charge is 0.543 e. The van der Waals surface area contributed by atoms with Gasteiger partial charge in [0.2, 0.25) is 12.2 Å². The third-order valence-corrected chi connectivity index (χ3v) is 4.95. The van der Waals surface area contributed by atoms with Gasteiger partial charge in [0.05, 0.1) is 33.9 Å². The quantitative estimate of drug-likeness (QED) is 0.0862. The van der Waals surface area contributed by atoms with Crippen LogP contribution in [0.2, 0.25) is 0 Å². The summed E-state index contributed by atoms with van der Waals surface area (Å²) in [4.78, 5) is 36.8. The van der Waals surface area contributed by atoms with Gasteiger partial charge in [-0.3, -0.25) is 0 Å². The van der Waals surface area contributed by atoms with Crippen molar-refractivity contribution in [1.29, 1.82) is 0 Å². The Morgan fingerprint density at radius 3 is 1.28 bits per heavy atom. The molecular weight excluding hydrogens is 379 g/mol. The summed E-state index contributed by atoms with van der Waals surface area (Å²) in [5.74, 6) is -4.37. The molecule has 0 saturated carbocycles. The van der Waals surface area contributed by atoms with Gasteiger partial charge in [0.15, 0.2) is 0 Å². The van der Waals surface area contributed by atoms with Gasteiger partial charge in [-0.15, -0.1) is 8.80 Å². The Balaban J connectivity index is -0.000000108. The second-order valence-corrected chi connectivity index (χ2v) is 6.32. The van der Waals surface area contributed by atoms with Crippen molar-refractivity contribution in [1.82, 2.24) is 0 Å². The summed E-state index contributed by atoms with van der Waals surface area (Å²) in [7, 11) is 4.37. The molecule has 0 fully saturated rings. The maximum atomic E-state index is 9.47. The van der Waals surface area contributed by atoms with Crippen LogP contribution in [0.1, 0.15) is 0 Å². The molecule has 0 aliphatic carbocycles. The molecule has 0 aromatic rings. The molecule has 0 amide bonds. The van der Waals surface area contributed by atoms with Crippen LogP contribution in [0.15, 0.2) is 8.80 Å². The number of isocyanates is 2. The van der Waals surface area contributed by atoms with E-state index in [9.17, 15) is 9.59 Å². The molecule has 0 aliphatic heterocycles. The number of rotatable bonds is 5. The monoisotopic (exact) mass is 378 g/mol. The summed E-state index contributed by atoms with van der Waals surface area (Å²) in [5.41, 5.74) is 0. The standard InChI is InChI=1S/C2N2O2S4.C2H2O4.2K/c5-1-3-7-9-10-8-4-2-6;3-1(4)2(5)6;;/h;(H,3,4)(H,5,6);;/q;;2*+1/p-2. The first-order valence-corrected chi connectivity index (χ1v) is 7.52. The minimum atomic E-state index is -2.19. The SMILES string of the molecule is O=C([O-])C(=O)[O-].O=C=NSSSSN=C=O.[K+].[K+]. The first-order chi connectivity index (χ1) is 7.56. The van der Waals surface area contributed by atoms with Crippen molar-refractivity contribution in [2.45, 2.75) is 0 Å². The molecular formula is C4K2N2O6S4. The van der Waals surface area contributed by atoms with E-state index in [4.69, 9.17) is 19.8 Å². The molecule has 14 heteroatoms.